The molecular formula is C44H31N3O. The van der Waals surface area contributed by atoms with Gasteiger partial charge in [0, 0.05) is 51.0 Å². The first kappa shape index (κ1) is 28.0. The zero-order chi connectivity index (χ0) is 32.2. The Bertz CT molecular complexity index is 2620. The Morgan fingerprint density at radius 1 is 0.479 bits per heavy atom. The summed E-state index contributed by atoms with van der Waals surface area (Å²) in [5.74, 6) is 0. The summed E-state index contributed by atoms with van der Waals surface area (Å²) in [6.45, 7) is 4.30. The molecule has 0 N–H and O–H groups in total. The molecule has 6 aromatic carbocycles. The molecule has 0 aliphatic carbocycles. The molecule has 0 spiro atoms. The van der Waals surface area contributed by atoms with Gasteiger partial charge in [-0.2, -0.15) is 0 Å². The molecule has 48 heavy (non-hydrogen) atoms. The van der Waals surface area contributed by atoms with Crippen molar-refractivity contribution in [2.45, 2.75) is 13.8 Å². The molecule has 0 unspecified atom stereocenters. The van der Waals surface area contributed by atoms with Gasteiger partial charge in [-0.1, -0.05) is 66.7 Å². The summed E-state index contributed by atoms with van der Waals surface area (Å²) in [6, 6.07) is 49.4. The van der Waals surface area contributed by atoms with Gasteiger partial charge in [0.1, 0.15) is 11.2 Å². The molecule has 0 saturated carbocycles. The molecule has 9 rings (SSSR count). The summed E-state index contributed by atoms with van der Waals surface area (Å²) in [5, 5.41) is 4.34. The first-order valence-electron chi connectivity index (χ1n) is 16.2. The fraction of sp³-hybridized carbons (Fsp3) is 0.0455. The molecule has 0 aliphatic heterocycles. The lowest BCUT2D eigenvalue weighted by atomic mass is 9.94. The smallest absolute Gasteiger partial charge is 0.136 e. The predicted octanol–water partition coefficient (Wildman–Crippen LogP) is 12.1. The highest BCUT2D eigenvalue weighted by Crippen LogP contribution is 2.42. The summed E-state index contributed by atoms with van der Waals surface area (Å²) < 4.78 is 6.54. The lowest BCUT2D eigenvalue weighted by Crippen LogP contribution is -2.10. The highest BCUT2D eigenvalue weighted by molar-refractivity contribution is 6.18. The quantitative estimate of drug-likeness (QED) is 0.180. The van der Waals surface area contributed by atoms with Crippen molar-refractivity contribution in [2.24, 2.45) is 0 Å². The zero-order valence-corrected chi connectivity index (χ0v) is 26.7. The van der Waals surface area contributed by atoms with Crippen molar-refractivity contribution in [3.8, 4) is 22.3 Å². The van der Waals surface area contributed by atoms with E-state index >= 15 is 0 Å². The van der Waals surface area contributed by atoms with Crippen LogP contribution in [-0.4, -0.2) is 9.97 Å². The standard InChI is InChI=1S/C44H31N3O/c1-28-23-29(2)25-35(24-28)47(33-10-4-3-5-11-33)34-18-15-30(16-19-34)31-17-20-38-41(27-31)48-40-14-6-12-36(42(38)40)39-26-32-9-7-21-45-43(32)44-37(39)13-8-22-46-44/h3-27H,1-2H3. The van der Waals surface area contributed by atoms with Crippen LogP contribution >= 0.6 is 0 Å². The summed E-state index contributed by atoms with van der Waals surface area (Å²) in [4.78, 5) is 11.7. The van der Waals surface area contributed by atoms with E-state index in [2.05, 4.69) is 151 Å². The Morgan fingerprint density at radius 3 is 2.02 bits per heavy atom. The molecule has 228 valence electrons. The number of hydrogen-bond donors (Lipinski definition) is 0. The van der Waals surface area contributed by atoms with Gasteiger partial charge in [-0.05, 0) is 120 Å². The van der Waals surface area contributed by atoms with Crippen molar-refractivity contribution in [3.63, 3.8) is 0 Å². The molecule has 9 aromatic rings. The first-order valence-corrected chi connectivity index (χ1v) is 16.2. The second-order valence-corrected chi connectivity index (χ2v) is 12.5. The Balaban J connectivity index is 1.14. The maximum Gasteiger partial charge on any atom is 0.136 e. The van der Waals surface area contributed by atoms with E-state index in [1.54, 1.807) is 0 Å². The molecule has 0 fully saturated rings. The van der Waals surface area contributed by atoms with E-state index in [4.69, 9.17) is 9.40 Å². The molecule has 0 saturated heterocycles. The Hall–Kier alpha value is -6.26. The number of aryl methyl sites for hydroxylation is 2. The second-order valence-electron chi connectivity index (χ2n) is 12.5. The predicted molar refractivity (Wildman–Crippen MR) is 199 cm³/mol. The Morgan fingerprint density at radius 2 is 1.21 bits per heavy atom. The summed E-state index contributed by atoms with van der Waals surface area (Å²) in [6.07, 6.45) is 3.67. The van der Waals surface area contributed by atoms with Crippen LogP contribution in [0.3, 0.4) is 0 Å². The third-order valence-electron chi connectivity index (χ3n) is 9.19. The lowest BCUT2D eigenvalue weighted by molar-refractivity contribution is 0.669. The molecule has 0 radical (unpaired) electrons. The van der Waals surface area contributed by atoms with Crippen molar-refractivity contribution in [3.05, 3.63) is 163 Å². The number of rotatable bonds is 5. The highest BCUT2D eigenvalue weighted by Gasteiger charge is 2.18. The number of aromatic nitrogens is 2. The van der Waals surface area contributed by atoms with Gasteiger partial charge < -0.3 is 9.32 Å². The number of hydrogen-bond acceptors (Lipinski definition) is 4. The van der Waals surface area contributed by atoms with Crippen molar-refractivity contribution in [1.29, 1.82) is 0 Å². The van der Waals surface area contributed by atoms with Crippen molar-refractivity contribution in [2.75, 3.05) is 4.90 Å². The minimum Gasteiger partial charge on any atom is -0.456 e. The van der Waals surface area contributed by atoms with E-state index in [9.17, 15) is 0 Å². The van der Waals surface area contributed by atoms with E-state index in [0.717, 1.165) is 83.1 Å². The van der Waals surface area contributed by atoms with E-state index < -0.39 is 0 Å². The Kier molecular flexibility index (Phi) is 6.54. The third-order valence-corrected chi connectivity index (χ3v) is 9.19. The second kappa shape index (κ2) is 11.2. The Labute approximate surface area is 278 Å². The van der Waals surface area contributed by atoms with Gasteiger partial charge in [0.2, 0.25) is 0 Å². The number of furan rings is 1. The van der Waals surface area contributed by atoms with Gasteiger partial charge in [0.05, 0.1) is 11.0 Å². The van der Waals surface area contributed by atoms with E-state index in [-0.39, 0.29) is 0 Å². The molecule has 3 aromatic heterocycles. The van der Waals surface area contributed by atoms with Crippen LogP contribution < -0.4 is 4.90 Å². The molecule has 0 bridgehead atoms. The monoisotopic (exact) mass is 617 g/mol. The molecule has 4 nitrogen and oxygen atoms in total. The molecular weight excluding hydrogens is 587 g/mol. The van der Waals surface area contributed by atoms with Gasteiger partial charge in [0.15, 0.2) is 0 Å². The van der Waals surface area contributed by atoms with Crippen LogP contribution in [0.2, 0.25) is 0 Å². The van der Waals surface area contributed by atoms with E-state index in [1.165, 1.54) is 11.1 Å². The largest absolute Gasteiger partial charge is 0.456 e. The molecule has 0 amide bonds. The van der Waals surface area contributed by atoms with Gasteiger partial charge >= 0.3 is 0 Å². The maximum absolute atomic E-state index is 6.54. The van der Waals surface area contributed by atoms with Crippen LogP contribution in [0.15, 0.2) is 156 Å². The van der Waals surface area contributed by atoms with Crippen molar-refractivity contribution in [1.82, 2.24) is 9.97 Å². The number of pyridine rings is 2. The molecule has 0 aliphatic rings. The summed E-state index contributed by atoms with van der Waals surface area (Å²) in [5.41, 5.74) is 13.9. The zero-order valence-electron chi connectivity index (χ0n) is 26.7. The topological polar surface area (TPSA) is 42.2 Å². The fourth-order valence-corrected chi connectivity index (χ4v) is 7.14. The van der Waals surface area contributed by atoms with Crippen LogP contribution in [0.5, 0.6) is 0 Å². The van der Waals surface area contributed by atoms with Crippen LogP contribution in [0, 0.1) is 13.8 Å². The molecule has 4 heteroatoms. The highest BCUT2D eigenvalue weighted by atomic mass is 16.3. The average Bonchev–Trinajstić information content (AvgIpc) is 3.50. The maximum atomic E-state index is 6.54. The SMILES string of the molecule is Cc1cc(C)cc(N(c2ccccc2)c2ccc(-c3ccc4c(c3)oc3cccc(-c5cc6cccnc6c6ncccc56)c34)cc2)c1. The van der Waals surface area contributed by atoms with Crippen molar-refractivity contribution < 1.29 is 4.42 Å². The summed E-state index contributed by atoms with van der Waals surface area (Å²) >= 11 is 0. The normalized spacial score (nSPS) is 11.5. The molecule has 3 heterocycles. The number of anilines is 3. The van der Waals surface area contributed by atoms with Crippen LogP contribution in [-0.2, 0) is 0 Å². The van der Waals surface area contributed by atoms with Crippen LogP contribution in [0.1, 0.15) is 11.1 Å². The third kappa shape index (κ3) is 4.69. The van der Waals surface area contributed by atoms with Gasteiger partial charge in [0.25, 0.3) is 0 Å². The number of para-hydroxylation sites is 1. The van der Waals surface area contributed by atoms with Gasteiger partial charge in [-0.3, -0.25) is 9.97 Å². The van der Waals surface area contributed by atoms with Gasteiger partial charge in [-0.25, -0.2) is 0 Å². The minimum atomic E-state index is 0.866. The number of benzene rings is 6. The number of fused-ring (bicyclic) bond motifs is 6. The van der Waals surface area contributed by atoms with Crippen molar-refractivity contribution >= 4 is 60.8 Å². The summed E-state index contributed by atoms with van der Waals surface area (Å²) in [7, 11) is 0. The number of nitrogens with zero attached hydrogens (tertiary/aromatic N) is 3. The lowest BCUT2D eigenvalue weighted by Gasteiger charge is -2.26. The van der Waals surface area contributed by atoms with E-state index in [0.29, 0.717) is 0 Å². The molecule has 0 atom stereocenters. The minimum absolute atomic E-state index is 0.866. The average molecular weight is 618 g/mol. The van der Waals surface area contributed by atoms with E-state index in [1.807, 2.05) is 24.5 Å². The van der Waals surface area contributed by atoms with Crippen LogP contribution in [0.4, 0.5) is 17.1 Å². The fourth-order valence-electron chi connectivity index (χ4n) is 7.14. The first-order chi connectivity index (χ1) is 23.6. The van der Waals surface area contributed by atoms with Crippen LogP contribution in [0.25, 0.3) is 66.0 Å². The van der Waals surface area contributed by atoms with Gasteiger partial charge in [-0.15, -0.1) is 0 Å².